The van der Waals surface area contributed by atoms with E-state index >= 15 is 0 Å². The summed E-state index contributed by atoms with van der Waals surface area (Å²) in [5.41, 5.74) is 15.5. The zero-order chi connectivity index (χ0) is 42.5. The molecular weight excluding hydrogens is 822 g/mol. The topological polar surface area (TPSA) is 163 Å². The van der Waals surface area contributed by atoms with Crippen molar-refractivity contribution in [3.63, 3.8) is 0 Å². The summed E-state index contributed by atoms with van der Waals surface area (Å²) in [6.45, 7) is 6.64. The first-order chi connectivity index (χ1) is 27.8. The van der Waals surface area contributed by atoms with Crippen LogP contribution in [0.5, 0.6) is 0 Å². The van der Waals surface area contributed by atoms with Crippen molar-refractivity contribution >= 4 is 70.2 Å². The molecule has 2 aliphatic rings. The van der Waals surface area contributed by atoms with Crippen molar-refractivity contribution in [3.8, 4) is 0 Å². The fourth-order valence-corrected chi connectivity index (χ4v) is 7.04. The summed E-state index contributed by atoms with van der Waals surface area (Å²) < 4.78 is 9.80. The molecule has 6 N–H and O–H groups in total. The summed E-state index contributed by atoms with van der Waals surface area (Å²) in [7, 11) is 0. The van der Waals surface area contributed by atoms with Crippen molar-refractivity contribution in [1.29, 1.82) is 0 Å². The van der Waals surface area contributed by atoms with Crippen molar-refractivity contribution in [2.45, 2.75) is 63.2 Å². The van der Waals surface area contributed by atoms with Crippen molar-refractivity contribution in [2.75, 3.05) is 39.4 Å². The maximum Gasteiger partial charge on any atom is 0.306 e. The number of ether oxygens (including phenoxy) is 2. The Bertz CT molecular complexity index is 1800. The smallest absolute Gasteiger partial charge is 0.306 e. The zero-order valence-corrected chi connectivity index (χ0v) is 35.8. The molecule has 58 heavy (non-hydrogen) atoms. The fourth-order valence-electron chi connectivity index (χ4n) is 6.24. The van der Waals surface area contributed by atoms with E-state index in [9.17, 15) is 19.2 Å². The third kappa shape index (κ3) is 17.4. The van der Waals surface area contributed by atoms with Crippen LogP contribution < -0.4 is 22.1 Å². The van der Waals surface area contributed by atoms with Gasteiger partial charge in [-0.2, -0.15) is 0 Å². The molecule has 2 heterocycles. The Morgan fingerprint density at radius 1 is 0.603 bits per heavy atom. The first kappa shape index (κ1) is 48.2. The van der Waals surface area contributed by atoms with Crippen LogP contribution in [0.1, 0.15) is 85.5 Å². The predicted molar refractivity (Wildman–Crippen MR) is 233 cm³/mol. The zero-order valence-electron chi connectivity index (χ0n) is 32.7. The van der Waals surface area contributed by atoms with Gasteiger partial charge in [0.25, 0.3) is 0 Å². The summed E-state index contributed by atoms with van der Waals surface area (Å²) in [4.78, 5) is 44.7. The van der Waals surface area contributed by atoms with E-state index in [-0.39, 0.29) is 35.6 Å². The number of rotatable bonds is 12. The highest BCUT2D eigenvalue weighted by molar-refractivity contribution is 6.31. The number of nitrogens with one attached hydrogen (secondary N) is 2. The Morgan fingerprint density at radius 3 is 1.22 bits per heavy atom. The second-order valence-corrected chi connectivity index (χ2v) is 15.3. The van der Waals surface area contributed by atoms with E-state index < -0.39 is 0 Å². The van der Waals surface area contributed by atoms with Crippen LogP contribution in [0.15, 0.2) is 97.1 Å². The number of carbonyl (C=O) groups is 4. The molecule has 2 saturated heterocycles. The van der Waals surface area contributed by atoms with Gasteiger partial charge in [0.2, 0.25) is 11.8 Å². The molecule has 2 amide bonds. The molecule has 312 valence electrons. The lowest BCUT2D eigenvalue weighted by atomic mass is 9.96. The number of halogens is 4. The third-order valence-corrected chi connectivity index (χ3v) is 10.2. The first-order valence-corrected chi connectivity index (χ1v) is 20.6. The van der Waals surface area contributed by atoms with Gasteiger partial charge in [-0.25, -0.2) is 0 Å². The van der Waals surface area contributed by atoms with Gasteiger partial charge in [-0.05, 0) is 97.7 Å². The molecule has 0 bridgehead atoms. The van der Waals surface area contributed by atoms with Gasteiger partial charge < -0.3 is 31.6 Å². The fraction of sp³-hybridized carbons (Fsp3) is 0.364. The number of hydrogen-bond donors (Lipinski definition) is 4. The van der Waals surface area contributed by atoms with Gasteiger partial charge in [0, 0.05) is 69.7 Å². The van der Waals surface area contributed by atoms with Crippen LogP contribution >= 0.6 is 46.4 Å². The maximum atomic E-state index is 11.4. The molecule has 4 unspecified atom stereocenters. The number of hydrogen-bond acceptors (Lipinski definition) is 8. The number of carbonyl (C=O) groups excluding carboxylic acids is 4. The normalized spacial score (nSPS) is 16.4. The second kappa shape index (κ2) is 26.0. The average Bonchev–Trinajstić information content (AvgIpc) is 3.85. The molecule has 4 aromatic carbocycles. The Hall–Kier alpha value is -4.16. The lowest BCUT2D eigenvalue weighted by Gasteiger charge is -2.14. The van der Waals surface area contributed by atoms with Crippen LogP contribution in [0, 0.1) is 0 Å². The molecule has 2 fully saturated rings. The van der Waals surface area contributed by atoms with E-state index in [0.29, 0.717) is 73.9 Å². The minimum Gasteiger partial charge on any atom is -0.466 e. The molecule has 0 radical (unpaired) electrons. The van der Waals surface area contributed by atoms with E-state index in [1.54, 1.807) is 26.0 Å². The van der Waals surface area contributed by atoms with Crippen LogP contribution in [0.2, 0.25) is 20.1 Å². The number of benzene rings is 4. The first-order valence-electron chi connectivity index (χ1n) is 19.1. The summed E-state index contributed by atoms with van der Waals surface area (Å²) in [5, 5.41) is 8.38. The predicted octanol–water partition coefficient (Wildman–Crippen LogP) is 8.56. The quantitative estimate of drug-likeness (QED) is 0.103. The van der Waals surface area contributed by atoms with Crippen molar-refractivity contribution in [3.05, 3.63) is 139 Å². The van der Waals surface area contributed by atoms with Crippen LogP contribution in [0.25, 0.3) is 0 Å². The highest BCUT2D eigenvalue weighted by Crippen LogP contribution is 2.27. The largest absolute Gasteiger partial charge is 0.466 e. The molecule has 0 aliphatic carbocycles. The highest BCUT2D eigenvalue weighted by atomic mass is 35.5. The monoisotopic (exact) mass is 872 g/mol. The van der Waals surface area contributed by atoms with Crippen LogP contribution in [-0.4, -0.2) is 63.1 Å². The van der Waals surface area contributed by atoms with Gasteiger partial charge in [0.15, 0.2) is 0 Å². The van der Waals surface area contributed by atoms with Gasteiger partial charge in [0.1, 0.15) is 0 Å². The summed E-state index contributed by atoms with van der Waals surface area (Å²) in [6.07, 6.45) is 1.76. The lowest BCUT2D eigenvalue weighted by molar-refractivity contribution is -0.144. The SMILES string of the molecule is CCOC(=O)CC(CN)c1cccc(Cl)c1.CCOC(=O)CC(CN)c1cccc(Cl)c1.O=C1CC(c2cccc(Cl)c2)CN1.O=C1CC(c2cccc(Cl)c2)CN1. The Kier molecular flexibility index (Phi) is 21.6. The lowest BCUT2D eigenvalue weighted by Crippen LogP contribution is -2.18. The van der Waals surface area contributed by atoms with Gasteiger partial charge in [-0.1, -0.05) is 94.9 Å². The van der Waals surface area contributed by atoms with Gasteiger partial charge in [-0.15, -0.1) is 0 Å². The standard InChI is InChI=1S/2C12H16ClNO2.2C10H10ClNO/c2*1-2-16-12(15)7-10(8-14)9-4-3-5-11(13)6-9;2*11-9-3-1-2-7(4-9)8-5-10(13)12-6-8/h2*3-6,10H,2,7-8,14H2,1H3;2*1-4,8H,5-6H2,(H,12,13). The third-order valence-electron chi connectivity index (χ3n) is 9.24. The van der Waals surface area contributed by atoms with Crippen LogP contribution in [0.4, 0.5) is 0 Å². The molecule has 0 saturated carbocycles. The minimum absolute atomic E-state index is 0.0299. The molecule has 2 aliphatic heterocycles. The molecular formula is C44H52Cl4N4O6. The summed E-state index contributed by atoms with van der Waals surface area (Å²) in [6, 6.07) is 30.2. The van der Waals surface area contributed by atoms with E-state index in [0.717, 1.165) is 45.4 Å². The Morgan fingerprint density at radius 2 is 0.948 bits per heavy atom. The Labute approximate surface area is 361 Å². The second-order valence-electron chi connectivity index (χ2n) is 13.5. The van der Waals surface area contributed by atoms with E-state index in [1.165, 1.54) is 0 Å². The minimum atomic E-state index is -0.224. The molecule has 4 aromatic rings. The molecule has 0 spiro atoms. The molecule has 4 atom stereocenters. The van der Waals surface area contributed by atoms with E-state index in [4.69, 9.17) is 67.3 Å². The molecule has 10 nitrogen and oxygen atoms in total. The maximum absolute atomic E-state index is 11.4. The van der Waals surface area contributed by atoms with Crippen LogP contribution in [0.3, 0.4) is 0 Å². The molecule has 14 heteroatoms. The van der Waals surface area contributed by atoms with Gasteiger partial charge in [-0.3, -0.25) is 19.2 Å². The van der Waals surface area contributed by atoms with Crippen molar-refractivity contribution in [1.82, 2.24) is 10.6 Å². The molecule has 6 rings (SSSR count). The molecule has 0 aromatic heterocycles. The number of nitrogens with two attached hydrogens (primary N) is 2. The highest BCUT2D eigenvalue weighted by Gasteiger charge is 2.24. The number of esters is 2. The van der Waals surface area contributed by atoms with Gasteiger partial charge >= 0.3 is 11.9 Å². The van der Waals surface area contributed by atoms with E-state index in [2.05, 4.69) is 10.6 Å². The average molecular weight is 875 g/mol. The summed E-state index contributed by atoms with van der Waals surface area (Å²) >= 11 is 23.5. The summed E-state index contributed by atoms with van der Waals surface area (Å²) in [5.74, 6) is 0.346. The van der Waals surface area contributed by atoms with Crippen LogP contribution in [-0.2, 0) is 28.7 Å². The number of amides is 2. The van der Waals surface area contributed by atoms with E-state index in [1.807, 2.05) is 84.9 Å². The Balaban J connectivity index is 0.000000208. The van der Waals surface area contributed by atoms with Crippen molar-refractivity contribution < 1.29 is 28.7 Å². The van der Waals surface area contributed by atoms with Gasteiger partial charge in [0.05, 0.1) is 26.1 Å². The van der Waals surface area contributed by atoms with Crippen molar-refractivity contribution in [2.24, 2.45) is 11.5 Å².